The summed E-state index contributed by atoms with van der Waals surface area (Å²) in [5, 5.41) is 10.1. The highest BCUT2D eigenvalue weighted by Crippen LogP contribution is 2.47. The van der Waals surface area contributed by atoms with E-state index in [1.165, 1.54) is 17.3 Å². The average molecular weight is 421 g/mol. The second-order valence-electron chi connectivity index (χ2n) is 7.19. The maximum Gasteiger partial charge on any atom is 0.316 e. The summed E-state index contributed by atoms with van der Waals surface area (Å²) < 4.78 is 11.0. The number of carbonyl (C=O) groups is 1. The third kappa shape index (κ3) is 4.46. The lowest BCUT2D eigenvalue weighted by Gasteiger charge is -2.34. The van der Waals surface area contributed by atoms with E-state index in [1.54, 1.807) is 12.1 Å². The maximum atomic E-state index is 11.6. The molecule has 2 atom stereocenters. The van der Waals surface area contributed by atoms with Crippen LogP contribution in [0.5, 0.6) is 11.5 Å². The zero-order valence-electron chi connectivity index (χ0n) is 16.8. The summed E-state index contributed by atoms with van der Waals surface area (Å²) in [6.07, 6.45) is 0. The number of esters is 1. The number of benzene rings is 3. The number of ether oxygens (including phenoxy) is 2. The van der Waals surface area contributed by atoms with E-state index >= 15 is 0 Å². The first-order valence-electron chi connectivity index (χ1n) is 10.0. The van der Waals surface area contributed by atoms with Crippen LogP contribution in [-0.2, 0) is 9.53 Å². The standard InChI is InChI=1S/C25H24O4S/c1-2-28-24(27)16-30-20-11-8-18(9-12-20)25-21-14-19(26)10-13-23(21)29-15-22(25)17-6-4-3-5-7-17/h3-14,22,25-26H,2,15-16H2,1H3/t22-,25-/m0/s1. The van der Waals surface area contributed by atoms with Crippen molar-refractivity contribution in [3.8, 4) is 11.5 Å². The fourth-order valence-electron chi connectivity index (χ4n) is 3.92. The van der Waals surface area contributed by atoms with Crippen molar-refractivity contribution in [3.63, 3.8) is 0 Å². The quantitative estimate of drug-likeness (QED) is 0.430. The first-order chi connectivity index (χ1) is 14.7. The Bertz CT molecular complexity index is 1000. The minimum atomic E-state index is -0.204. The summed E-state index contributed by atoms with van der Waals surface area (Å²) in [7, 11) is 0. The molecule has 0 unspecified atom stereocenters. The van der Waals surface area contributed by atoms with E-state index in [4.69, 9.17) is 9.47 Å². The molecule has 5 heteroatoms. The van der Waals surface area contributed by atoms with Crippen LogP contribution in [0.2, 0.25) is 0 Å². The van der Waals surface area contributed by atoms with Gasteiger partial charge in [-0.25, -0.2) is 0 Å². The molecule has 0 radical (unpaired) electrons. The minimum absolute atomic E-state index is 0.0624. The molecule has 0 aliphatic carbocycles. The van der Waals surface area contributed by atoms with Gasteiger partial charge in [0.15, 0.2) is 0 Å². The molecule has 0 saturated heterocycles. The minimum Gasteiger partial charge on any atom is -0.508 e. The van der Waals surface area contributed by atoms with Gasteiger partial charge >= 0.3 is 5.97 Å². The molecule has 0 saturated carbocycles. The van der Waals surface area contributed by atoms with E-state index < -0.39 is 0 Å². The number of hydrogen-bond acceptors (Lipinski definition) is 5. The second-order valence-corrected chi connectivity index (χ2v) is 8.24. The summed E-state index contributed by atoms with van der Waals surface area (Å²) in [5.41, 5.74) is 3.35. The third-order valence-corrected chi connectivity index (χ3v) is 6.26. The molecule has 0 fully saturated rings. The maximum absolute atomic E-state index is 11.6. The Morgan fingerprint density at radius 1 is 1.07 bits per heavy atom. The van der Waals surface area contributed by atoms with Crippen LogP contribution in [0.4, 0.5) is 0 Å². The van der Waals surface area contributed by atoms with Gasteiger partial charge in [0.1, 0.15) is 11.5 Å². The molecule has 1 heterocycles. The number of thioether (sulfide) groups is 1. The number of fused-ring (bicyclic) bond motifs is 1. The monoisotopic (exact) mass is 420 g/mol. The van der Waals surface area contributed by atoms with E-state index in [1.807, 2.05) is 43.3 Å². The molecule has 154 valence electrons. The number of phenols is 1. The van der Waals surface area contributed by atoms with Gasteiger partial charge in [-0.15, -0.1) is 11.8 Å². The zero-order chi connectivity index (χ0) is 20.9. The SMILES string of the molecule is CCOC(=O)CSc1ccc([C@H]2c3cc(O)ccc3OC[C@H]2c2ccccc2)cc1. The van der Waals surface area contributed by atoms with Crippen LogP contribution in [-0.4, -0.2) is 30.0 Å². The predicted molar refractivity (Wildman–Crippen MR) is 118 cm³/mol. The predicted octanol–water partition coefficient (Wildman–Crippen LogP) is 5.36. The Morgan fingerprint density at radius 2 is 1.83 bits per heavy atom. The molecule has 4 nitrogen and oxygen atoms in total. The normalized spacial score (nSPS) is 17.6. The van der Waals surface area contributed by atoms with E-state index in [0.29, 0.717) is 19.0 Å². The Labute approximate surface area is 180 Å². The van der Waals surface area contributed by atoms with E-state index in [0.717, 1.165) is 21.8 Å². The van der Waals surface area contributed by atoms with Gasteiger partial charge in [0.25, 0.3) is 0 Å². The van der Waals surface area contributed by atoms with Crippen LogP contribution in [0.15, 0.2) is 77.7 Å². The van der Waals surface area contributed by atoms with Crippen LogP contribution in [0.1, 0.15) is 35.4 Å². The van der Waals surface area contributed by atoms with Crippen LogP contribution in [0.25, 0.3) is 0 Å². The van der Waals surface area contributed by atoms with Gasteiger partial charge in [0.2, 0.25) is 0 Å². The first-order valence-corrected chi connectivity index (χ1v) is 11.0. The average Bonchev–Trinajstić information content (AvgIpc) is 2.78. The Balaban J connectivity index is 1.65. The molecule has 1 aliphatic rings. The third-order valence-electron chi connectivity index (χ3n) is 5.28. The molecule has 0 aromatic heterocycles. The molecule has 3 aromatic carbocycles. The van der Waals surface area contributed by atoms with Crippen LogP contribution >= 0.6 is 11.8 Å². The summed E-state index contributed by atoms with van der Waals surface area (Å²) in [6.45, 7) is 2.78. The lowest BCUT2D eigenvalue weighted by Crippen LogP contribution is -2.25. The van der Waals surface area contributed by atoms with Crippen LogP contribution in [0.3, 0.4) is 0 Å². The lowest BCUT2D eigenvalue weighted by atomic mass is 9.76. The topological polar surface area (TPSA) is 55.8 Å². The highest BCUT2D eigenvalue weighted by Gasteiger charge is 2.33. The molecule has 30 heavy (non-hydrogen) atoms. The molecule has 0 amide bonds. The molecular formula is C25H24O4S. The van der Waals surface area contributed by atoms with Crippen molar-refractivity contribution in [2.24, 2.45) is 0 Å². The Kier molecular flexibility index (Phi) is 6.29. The highest BCUT2D eigenvalue weighted by molar-refractivity contribution is 8.00. The molecule has 1 N–H and O–H groups in total. The largest absolute Gasteiger partial charge is 0.508 e. The molecule has 0 bridgehead atoms. The zero-order valence-corrected chi connectivity index (χ0v) is 17.6. The summed E-state index contributed by atoms with van der Waals surface area (Å²) in [4.78, 5) is 12.6. The van der Waals surface area contributed by atoms with Crippen LogP contribution < -0.4 is 4.74 Å². The fraction of sp³-hybridized carbons (Fsp3) is 0.240. The van der Waals surface area contributed by atoms with Crippen molar-refractivity contribution in [3.05, 3.63) is 89.5 Å². The van der Waals surface area contributed by atoms with E-state index in [2.05, 4.69) is 24.3 Å². The van der Waals surface area contributed by atoms with Crippen molar-refractivity contribution in [2.45, 2.75) is 23.7 Å². The van der Waals surface area contributed by atoms with Gasteiger partial charge < -0.3 is 14.6 Å². The molecule has 0 spiro atoms. The van der Waals surface area contributed by atoms with Crippen molar-refractivity contribution >= 4 is 17.7 Å². The molecule has 1 aliphatic heterocycles. The number of phenolic OH excluding ortho intramolecular Hbond substituents is 1. The Morgan fingerprint density at radius 3 is 2.57 bits per heavy atom. The van der Waals surface area contributed by atoms with Crippen LogP contribution in [0, 0.1) is 0 Å². The molecule has 3 aromatic rings. The van der Waals surface area contributed by atoms with Crippen molar-refractivity contribution < 1.29 is 19.4 Å². The number of rotatable bonds is 6. The van der Waals surface area contributed by atoms with Crippen molar-refractivity contribution in [1.82, 2.24) is 0 Å². The fourth-order valence-corrected chi connectivity index (χ4v) is 4.62. The summed E-state index contributed by atoms with van der Waals surface area (Å²) in [5.74, 6) is 1.34. The number of carbonyl (C=O) groups excluding carboxylic acids is 1. The van der Waals surface area contributed by atoms with Crippen molar-refractivity contribution in [2.75, 3.05) is 19.0 Å². The van der Waals surface area contributed by atoms with Crippen molar-refractivity contribution in [1.29, 1.82) is 0 Å². The molecular weight excluding hydrogens is 396 g/mol. The van der Waals surface area contributed by atoms with Gasteiger partial charge in [0.05, 0.1) is 19.0 Å². The number of aromatic hydroxyl groups is 1. The first kappa shape index (κ1) is 20.4. The number of hydrogen-bond donors (Lipinski definition) is 1. The van der Waals surface area contributed by atoms with E-state index in [-0.39, 0.29) is 23.6 Å². The smallest absolute Gasteiger partial charge is 0.316 e. The van der Waals surface area contributed by atoms with Gasteiger partial charge in [-0.1, -0.05) is 42.5 Å². The lowest BCUT2D eigenvalue weighted by molar-refractivity contribution is -0.139. The second kappa shape index (κ2) is 9.26. The highest BCUT2D eigenvalue weighted by atomic mass is 32.2. The summed E-state index contributed by atoms with van der Waals surface area (Å²) in [6, 6.07) is 23.9. The van der Waals surface area contributed by atoms with Gasteiger partial charge in [-0.05, 0) is 48.4 Å². The van der Waals surface area contributed by atoms with E-state index in [9.17, 15) is 9.90 Å². The van der Waals surface area contributed by atoms with Gasteiger partial charge in [-0.2, -0.15) is 0 Å². The Hall–Kier alpha value is -2.92. The molecule has 4 rings (SSSR count). The summed E-state index contributed by atoms with van der Waals surface area (Å²) >= 11 is 1.47. The van der Waals surface area contributed by atoms with Gasteiger partial charge in [0, 0.05) is 22.3 Å². The van der Waals surface area contributed by atoms with Gasteiger partial charge in [-0.3, -0.25) is 4.79 Å².